The van der Waals surface area contributed by atoms with Crippen molar-refractivity contribution in [2.75, 3.05) is 10.0 Å². The molecule has 0 aliphatic carbocycles. The number of hydrogen-bond donors (Lipinski definition) is 2. The number of anilines is 3. The third kappa shape index (κ3) is 4.30. The van der Waals surface area contributed by atoms with Crippen LogP contribution in [0.2, 0.25) is 5.02 Å². The van der Waals surface area contributed by atoms with Crippen molar-refractivity contribution in [2.24, 2.45) is 0 Å². The number of halogens is 1. The molecule has 1 aromatic heterocycles. The Morgan fingerprint density at radius 1 is 0.923 bits per heavy atom. The topological polar surface area (TPSA) is 84.0 Å². The molecule has 0 unspecified atom stereocenters. The van der Waals surface area contributed by atoms with Crippen LogP contribution in [0.25, 0.3) is 0 Å². The average Bonchev–Trinajstić information content (AvgIpc) is 2.56. The molecule has 134 valence electrons. The van der Waals surface area contributed by atoms with Crippen molar-refractivity contribution in [3.8, 4) is 0 Å². The van der Waals surface area contributed by atoms with Crippen molar-refractivity contribution in [1.29, 1.82) is 0 Å². The lowest BCUT2D eigenvalue weighted by Crippen LogP contribution is -2.15. The van der Waals surface area contributed by atoms with E-state index in [1.807, 2.05) is 25.1 Å². The fourth-order valence-electron chi connectivity index (χ4n) is 2.46. The Labute approximate surface area is 157 Å². The first-order chi connectivity index (χ1) is 12.3. The zero-order chi connectivity index (χ0) is 18.7. The number of aromatic nitrogens is 2. The van der Waals surface area contributed by atoms with Gasteiger partial charge >= 0.3 is 0 Å². The Bertz CT molecular complexity index is 1040. The molecule has 0 saturated carbocycles. The highest BCUT2D eigenvalue weighted by Gasteiger charge is 2.17. The van der Waals surface area contributed by atoms with E-state index in [2.05, 4.69) is 20.2 Å². The maximum atomic E-state index is 12.5. The predicted octanol–water partition coefficient (Wildman–Crippen LogP) is 4.29. The van der Waals surface area contributed by atoms with E-state index in [1.54, 1.807) is 43.3 Å². The summed E-state index contributed by atoms with van der Waals surface area (Å²) in [6, 6.07) is 15.5. The van der Waals surface area contributed by atoms with Crippen molar-refractivity contribution in [2.45, 2.75) is 18.7 Å². The summed E-state index contributed by atoms with van der Waals surface area (Å²) in [6.07, 6.45) is 0. The Hall–Kier alpha value is -2.64. The van der Waals surface area contributed by atoms with Crippen LogP contribution in [0.15, 0.2) is 59.5 Å². The molecule has 2 N–H and O–H groups in total. The summed E-state index contributed by atoms with van der Waals surface area (Å²) in [4.78, 5) is 0.214. The number of hydrogen-bond acceptors (Lipinski definition) is 5. The van der Waals surface area contributed by atoms with E-state index < -0.39 is 10.0 Å². The van der Waals surface area contributed by atoms with Gasteiger partial charge in [-0.05, 0) is 55.8 Å². The largest absolute Gasteiger partial charge is 0.339 e. The van der Waals surface area contributed by atoms with Gasteiger partial charge in [-0.1, -0.05) is 35.4 Å². The molecule has 1 heterocycles. The monoisotopic (exact) mass is 388 g/mol. The highest BCUT2D eigenvalue weighted by Crippen LogP contribution is 2.21. The van der Waals surface area contributed by atoms with Crippen LogP contribution in [0, 0.1) is 13.8 Å². The molecule has 0 amide bonds. The minimum absolute atomic E-state index is 0.140. The van der Waals surface area contributed by atoms with Gasteiger partial charge in [0.2, 0.25) is 0 Å². The van der Waals surface area contributed by atoms with Gasteiger partial charge in [0.15, 0.2) is 11.6 Å². The standard InChI is InChI=1S/C18H17ClN4O2S/c1-12-6-7-16(13(2)10-12)26(24,25)23-18-9-8-17(21-22-18)20-15-5-3-4-14(19)11-15/h3-11H,1-2H3,(H,20,21)(H,22,23). The quantitative estimate of drug-likeness (QED) is 0.681. The van der Waals surface area contributed by atoms with E-state index in [9.17, 15) is 8.42 Å². The highest BCUT2D eigenvalue weighted by molar-refractivity contribution is 7.92. The van der Waals surface area contributed by atoms with Crippen molar-refractivity contribution < 1.29 is 8.42 Å². The van der Waals surface area contributed by atoms with Gasteiger partial charge in [-0.15, -0.1) is 10.2 Å². The third-order valence-electron chi connectivity index (χ3n) is 3.62. The molecule has 0 radical (unpaired) electrons. The minimum Gasteiger partial charge on any atom is -0.339 e. The molecule has 0 aliphatic rings. The van der Waals surface area contributed by atoms with Crippen molar-refractivity contribution in [3.05, 3.63) is 70.7 Å². The van der Waals surface area contributed by atoms with E-state index in [4.69, 9.17) is 11.6 Å². The lowest BCUT2D eigenvalue weighted by Gasteiger charge is -2.10. The molecule has 2 aromatic carbocycles. The number of aryl methyl sites for hydroxylation is 2. The van der Waals surface area contributed by atoms with Gasteiger partial charge in [-0.3, -0.25) is 4.72 Å². The van der Waals surface area contributed by atoms with E-state index in [1.165, 1.54) is 0 Å². The number of nitrogens with zero attached hydrogens (tertiary/aromatic N) is 2. The fraction of sp³-hybridized carbons (Fsp3) is 0.111. The van der Waals surface area contributed by atoms with Gasteiger partial charge in [-0.25, -0.2) is 8.42 Å². The maximum Gasteiger partial charge on any atom is 0.263 e. The van der Waals surface area contributed by atoms with Crippen molar-refractivity contribution in [3.63, 3.8) is 0 Å². The zero-order valence-electron chi connectivity index (χ0n) is 14.2. The molecule has 26 heavy (non-hydrogen) atoms. The lowest BCUT2D eigenvalue weighted by molar-refractivity contribution is 0.600. The first kappa shape index (κ1) is 18.2. The van der Waals surface area contributed by atoms with E-state index >= 15 is 0 Å². The number of benzene rings is 2. The molecule has 0 atom stereocenters. The summed E-state index contributed by atoms with van der Waals surface area (Å²) in [5.74, 6) is 0.614. The molecule has 0 saturated heterocycles. The maximum absolute atomic E-state index is 12.5. The van der Waals surface area contributed by atoms with Gasteiger partial charge in [0.25, 0.3) is 10.0 Å². The van der Waals surface area contributed by atoms with E-state index in [0.717, 1.165) is 11.3 Å². The van der Waals surface area contributed by atoms with Crippen LogP contribution in [0.3, 0.4) is 0 Å². The summed E-state index contributed by atoms with van der Waals surface area (Å²) >= 11 is 5.94. The zero-order valence-corrected chi connectivity index (χ0v) is 15.8. The lowest BCUT2D eigenvalue weighted by atomic mass is 10.2. The second-order valence-electron chi connectivity index (χ2n) is 5.81. The van der Waals surface area contributed by atoms with Gasteiger partial charge in [0.1, 0.15) is 0 Å². The van der Waals surface area contributed by atoms with Crippen molar-refractivity contribution >= 4 is 38.9 Å². The van der Waals surface area contributed by atoms with Crippen LogP contribution in [0.4, 0.5) is 17.3 Å². The van der Waals surface area contributed by atoms with Crippen molar-refractivity contribution in [1.82, 2.24) is 10.2 Å². The molecule has 6 nitrogen and oxygen atoms in total. The second-order valence-corrected chi connectivity index (χ2v) is 7.90. The average molecular weight is 389 g/mol. The third-order valence-corrected chi connectivity index (χ3v) is 5.37. The van der Waals surface area contributed by atoms with Gasteiger partial charge in [0, 0.05) is 10.7 Å². The van der Waals surface area contributed by atoms with Crippen LogP contribution < -0.4 is 10.0 Å². The summed E-state index contributed by atoms with van der Waals surface area (Å²) in [5, 5.41) is 11.6. The second kappa shape index (κ2) is 7.31. The van der Waals surface area contributed by atoms with Gasteiger partial charge in [0.05, 0.1) is 4.90 Å². The first-order valence-corrected chi connectivity index (χ1v) is 9.66. The molecule has 0 spiro atoms. The van der Waals surface area contributed by atoms with E-state index in [0.29, 0.717) is 16.4 Å². The number of sulfonamides is 1. The molecular weight excluding hydrogens is 372 g/mol. The molecular formula is C18H17ClN4O2S. The van der Waals surface area contributed by atoms with Gasteiger partial charge < -0.3 is 5.32 Å². The Balaban J connectivity index is 1.76. The SMILES string of the molecule is Cc1ccc(S(=O)(=O)Nc2ccc(Nc3cccc(Cl)c3)nn2)c(C)c1. The molecule has 0 bridgehead atoms. The Kier molecular flexibility index (Phi) is 5.11. The minimum atomic E-state index is -3.73. The van der Waals surface area contributed by atoms with Crippen LogP contribution in [-0.2, 0) is 10.0 Å². The highest BCUT2D eigenvalue weighted by atomic mass is 35.5. The Morgan fingerprint density at radius 3 is 2.31 bits per heavy atom. The smallest absolute Gasteiger partial charge is 0.263 e. The molecule has 0 fully saturated rings. The first-order valence-electron chi connectivity index (χ1n) is 7.80. The van der Waals surface area contributed by atoms with E-state index in [-0.39, 0.29) is 10.7 Å². The molecule has 3 aromatic rings. The summed E-state index contributed by atoms with van der Waals surface area (Å²) in [7, 11) is -3.73. The van der Waals surface area contributed by atoms with Crippen LogP contribution in [0.5, 0.6) is 0 Å². The molecule has 3 rings (SSSR count). The number of rotatable bonds is 5. The number of nitrogens with one attached hydrogen (secondary N) is 2. The summed E-state index contributed by atoms with van der Waals surface area (Å²) in [6.45, 7) is 3.67. The molecule has 8 heteroatoms. The Morgan fingerprint density at radius 2 is 1.65 bits per heavy atom. The van der Waals surface area contributed by atoms with Crippen LogP contribution in [0.1, 0.15) is 11.1 Å². The molecule has 0 aliphatic heterocycles. The fourth-order valence-corrected chi connectivity index (χ4v) is 3.88. The van der Waals surface area contributed by atoms with Crippen LogP contribution in [-0.4, -0.2) is 18.6 Å². The van der Waals surface area contributed by atoms with Crippen LogP contribution >= 0.6 is 11.6 Å². The summed E-state index contributed by atoms with van der Waals surface area (Å²) < 4.78 is 27.5. The van der Waals surface area contributed by atoms with Gasteiger partial charge in [-0.2, -0.15) is 0 Å². The summed E-state index contributed by atoms with van der Waals surface area (Å²) in [5.41, 5.74) is 2.43. The predicted molar refractivity (Wildman–Crippen MR) is 103 cm³/mol. The normalized spacial score (nSPS) is 11.2.